The first-order valence-corrected chi connectivity index (χ1v) is 12.4. The molecule has 1 fully saturated rings. The van der Waals surface area contributed by atoms with E-state index in [1.54, 1.807) is 6.92 Å². The largest absolute Gasteiger partial charge is 0.481 e. The zero-order valence-electron chi connectivity index (χ0n) is 21.7. The number of amides is 2. The molecule has 1 aliphatic rings. The first-order valence-electron chi connectivity index (χ1n) is 12.4. The van der Waals surface area contributed by atoms with Gasteiger partial charge in [-0.3, -0.25) is 14.4 Å². The van der Waals surface area contributed by atoms with Crippen molar-refractivity contribution in [1.29, 1.82) is 0 Å². The molecule has 1 aliphatic carbocycles. The number of hydrogen-bond acceptors (Lipinski definition) is 4. The molecule has 1 aromatic rings. The van der Waals surface area contributed by atoms with Crippen LogP contribution in [0.4, 0.5) is 0 Å². The second kappa shape index (κ2) is 11.8. The first kappa shape index (κ1) is 27.8. The van der Waals surface area contributed by atoms with Gasteiger partial charge in [-0.15, -0.1) is 0 Å². The lowest BCUT2D eigenvalue weighted by atomic mass is 9.74. The summed E-state index contributed by atoms with van der Waals surface area (Å²) >= 11 is 0. The predicted octanol–water partition coefficient (Wildman–Crippen LogP) is 3.54. The Morgan fingerprint density at radius 2 is 1.65 bits per heavy atom. The monoisotopic (exact) mass is 473 g/mol. The van der Waals surface area contributed by atoms with Gasteiger partial charge >= 0.3 is 5.97 Å². The van der Waals surface area contributed by atoms with Crippen molar-refractivity contribution < 1.29 is 19.5 Å². The van der Waals surface area contributed by atoms with E-state index in [1.165, 1.54) is 11.1 Å². The Bertz CT molecular complexity index is 840. The molecule has 0 aromatic heterocycles. The third-order valence-electron chi connectivity index (χ3n) is 7.75. The summed E-state index contributed by atoms with van der Waals surface area (Å²) in [5.74, 6) is -1.80. The zero-order valence-corrected chi connectivity index (χ0v) is 21.7. The van der Waals surface area contributed by atoms with Crippen LogP contribution < -0.4 is 10.6 Å². The number of likely N-dealkylation sites (N-methyl/N-ethyl adjacent to an activating group) is 1. The molecule has 7 heteroatoms. The maximum atomic E-state index is 12.5. The molecule has 0 saturated heterocycles. The van der Waals surface area contributed by atoms with Gasteiger partial charge in [-0.05, 0) is 64.1 Å². The van der Waals surface area contributed by atoms with Crippen LogP contribution >= 0.6 is 0 Å². The summed E-state index contributed by atoms with van der Waals surface area (Å²) in [6.07, 6.45) is 5.10. The Labute approximate surface area is 204 Å². The summed E-state index contributed by atoms with van der Waals surface area (Å²) in [7, 11) is 4.29. The Morgan fingerprint density at radius 3 is 2.18 bits per heavy atom. The summed E-state index contributed by atoms with van der Waals surface area (Å²) in [6.45, 7) is 7.63. The van der Waals surface area contributed by atoms with E-state index in [9.17, 15) is 19.5 Å². The molecular weight excluding hydrogens is 430 g/mol. The number of aryl methyl sites for hydroxylation is 1. The molecule has 0 bridgehead atoms. The lowest BCUT2D eigenvalue weighted by molar-refractivity contribution is -0.145. The van der Waals surface area contributed by atoms with Crippen molar-refractivity contribution in [1.82, 2.24) is 15.5 Å². The van der Waals surface area contributed by atoms with Crippen LogP contribution in [0.2, 0.25) is 0 Å². The summed E-state index contributed by atoms with van der Waals surface area (Å²) in [4.78, 5) is 38.2. The van der Waals surface area contributed by atoms with Crippen molar-refractivity contribution in [3.63, 3.8) is 0 Å². The smallest absolute Gasteiger partial charge is 0.306 e. The van der Waals surface area contributed by atoms with Gasteiger partial charge in [0.25, 0.3) is 0 Å². The fourth-order valence-electron chi connectivity index (χ4n) is 4.60. The fraction of sp³-hybridized carbons (Fsp3) is 0.667. The van der Waals surface area contributed by atoms with Gasteiger partial charge in [0.15, 0.2) is 0 Å². The molecule has 1 atom stereocenters. The minimum atomic E-state index is -0.886. The highest BCUT2D eigenvalue weighted by atomic mass is 16.4. The van der Waals surface area contributed by atoms with Crippen LogP contribution in [0.5, 0.6) is 0 Å². The van der Waals surface area contributed by atoms with Gasteiger partial charge in [0, 0.05) is 31.0 Å². The molecule has 3 N–H and O–H groups in total. The highest BCUT2D eigenvalue weighted by Gasteiger charge is 2.37. The molecule has 2 amide bonds. The van der Waals surface area contributed by atoms with E-state index in [2.05, 4.69) is 60.8 Å². The van der Waals surface area contributed by atoms with Gasteiger partial charge in [-0.2, -0.15) is 0 Å². The van der Waals surface area contributed by atoms with Gasteiger partial charge in [0.1, 0.15) is 0 Å². The molecule has 7 nitrogen and oxygen atoms in total. The van der Waals surface area contributed by atoms with Crippen LogP contribution in [0.15, 0.2) is 24.3 Å². The summed E-state index contributed by atoms with van der Waals surface area (Å²) in [5.41, 5.74) is 2.13. The number of carboxylic acid groups (broad SMARTS) is 1. The Hall–Kier alpha value is -2.41. The number of carbonyl (C=O) groups is 3. The minimum Gasteiger partial charge on any atom is -0.481 e. The number of hydrogen-bond donors (Lipinski definition) is 3. The molecule has 34 heavy (non-hydrogen) atoms. The number of rotatable bonds is 11. The molecule has 1 aromatic carbocycles. The van der Waals surface area contributed by atoms with E-state index in [4.69, 9.17) is 0 Å². The quantitative estimate of drug-likeness (QED) is 0.457. The maximum absolute atomic E-state index is 12.5. The second-order valence-electron chi connectivity index (χ2n) is 10.9. The summed E-state index contributed by atoms with van der Waals surface area (Å²) in [5, 5.41) is 15.1. The highest BCUT2D eigenvalue weighted by Crippen LogP contribution is 2.35. The number of nitrogens with zero attached hydrogens (tertiary/aromatic N) is 1. The number of carbonyl (C=O) groups excluding carboxylic acids is 2. The lowest BCUT2D eigenvalue weighted by Crippen LogP contribution is -2.52. The minimum absolute atomic E-state index is 0.0935. The van der Waals surface area contributed by atoms with Crippen LogP contribution in [-0.2, 0) is 20.8 Å². The number of aliphatic carboxylic acids is 1. The molecule has 0 heterocycles. The zero-order chi connectivity index (χ0) is 25.5. The average Bonchev–Trinajstić information content (AvgIpc) is 2.78. The van der Waals surface area contributed by atoms with Gasteiger partial charge in [0.05, 0.1) is 5.92 Å². The van der Waals surface area contributed by atoms with Crippen LogP contribution in [0, 0.1) is 18.3 Å². The van der Waals surface area contributed by atoms with Crippen LogP contribution in [0.3, 0.4) is 0 Å². The van der Waals surface area contributed by atoms with E-state index in [1.807, 2.05) is 13.8 Å². The number of benzene rings is 1. The van der Waals surface area contributed by atoms with Crippen molar-refractivity contribution in [2.45, 2.75) is 84.2 Å². The van der Waals surface area contributed by atoms with Crippen molar-refractivity contribution >= 4 is 17.8 Å². The van der Waals surface area contributed by atoms with Gasteiger partial charge < -0.3 is 20.6 Å². The van der Waals surface area contributed by atoms with Crippen molar-refractivity contribution in [2.75, 3.05) is 20.6 Å². The lowest BCUT2D eigenvalue weighted by Gasteiger charge is -2.45. The number of nitrogens with one attached hydrogen (secondary N) is 2. The third-order valence-corrected chi connectivity index (χ3v) is 7.75. The van der Waals surface area contributed by atoms with Crippen molar-refractivity contribution in [3.8, 4) is 0 Å². The normalized spacial score (nSPS) is 21.7. The van der Waals surface area contributed by atoms with Crippen LogP contribution in [0.25, 0.3) is 0 Å². The first-order chi connectivity index (χ1) is 15.8. The molecule has 1 unspecified atom stereocenters. The van der Waals surface area contributed by atoms with E-state index in [-0.39, 0.29) is 42.8 Å². The molecule has 0 aliphatic heterocycles. The van der Waals surface area contributed by atoms with E-state index >= 15 is 0 Å². The number of carboxylic acids is 1. The maximum Gasteiger partial charge on any atom is 0.306 e. The summed E-state index contributed by atoms with van der Waals surface area (Å²) in [6, 6.07) is 8.88. The fourth-order valence-corrected chi connectivity index (χ4v) is 4.60. The molecule has 2 rings (SSSR count). The molecule has 0 spiro atoms. The van der Waals surface area contributed by atoms with Gasteiger partial charge in [-0.25, -0.2) is 0 Å². The van der Waals surface area contributed by atoms with Crippen LogP contribution in [0.1, 0.15) is 70.4 Å². The second-order valence-corrected chi connectivity index (χ2v) is 10.9. The van der Waals surface area contributed by atoms with E-state index in [0.717, 1.165) is 32.1 Å². The SMILES string of the molecule is Cc1ccc(CC2(N(C)C)CCC(NC(=O)CCC(=O)NCC(C)(C)C(C)C(=O)O)CC2)cc1. The molecule has 1 saturated carbocycles. The van der Waals surface area contributed by atoms with E-state index < -0.39 is 17.3 Å². The van der Waals surface area contributed by atoms with Gasteiger partial charge in [-0.1, -0.05) is 50.6 Å². The van der Waals surface area contributed by atoms with Crippen molar-refractivity contribution in [3.05, 3.63) is 35.4 Å². The molecule has 0 radical (unpaired) electrons. The third kappa shape index (κ3) is 7.83. The van der Waals surface area contributed by atoms with Crippen LogP contribution in [-0.4, -0.2) is 60.0 Å². The highest BCUT2D eigenvalue weighted by molar-refractivity contribution is 5.83. The Morgan fingerprint density at radius 1 is 1.09 bits per heavy atom. The average molecular weight is 474 g/mol. The van der Waals surface area contributed by atoms with E-state index in [0.29, 0.717) is 0 Å². The Balaban J connectivity index is 1.77. The molecule has 190 valence electrons. The molecular formula is C27H43N3O4. The summed E-state index contributed by atoms with van der Waals surface area (Å²) < 4.78 is 0. The standard InChI is InChI=1S/C27H43N3O4/c1-19-7-9-21(10-8-19)17-27(30(5)6)15-13-22(14-16-27)29-24(32)12-11-23(31)28-18-26(3,4)20(2)25(33)34/h7-10,20,22H,11-18H2,1-6H3,(H,28,31)(H,29,32)(H,33,34). The van der Waals surface area contributed by atoms with Gasteiger partial charge in [0.2, 0.25) is 11.8 Å². The topological polar surface area (TPSA) is 98.7 Å². The predicted molar refractivity (Wildman–Crippen MR) is 135 cm³/mol. The van der Waals surface area contributed by atoms with Crippen molar-refractivity contribution in [2.24, 2.45) is 11.3 Å². The Kier molecular flexibility index (Phi) is 9.68.